The van der Waals surface area contributed by atoms with Gasteiger partial charge in [0.15, 0.2) is 0 Å². The van der Waals surface area contributed by atoms with E-state index in [4.69, 9.17) is 4.74 Å². The summed E-state index contributed by atoms with van der Waals surface area (Å²) in [5.41, 5.74) is 0. The van der Waals surface area contributed by atoms with Gasteiger partial charge in [-0.25, -0.2) is 0 Å². The van der Waals surface area contributed by atoms with Gasteiger partial charge >= 0.3 is 0 Å². The van der Waals surface area contributed by atoms with Crippen LogP contribution < -0.4 is 0 Å². The second kappa shape index (κ2) is 19.6. The molecule has 0 amide bonds. The van der Waals surface area contributed by atoms with E-state index >= 15 is 0 Å². The van der Waals surface area contributed by atoms with E-state index in [-0.39, 0.29) is 49.4 Å². The molecule has 0 unspecified atom stereocenters. The van der Waals surface area contributed by atoms with Gasteiger partial charge in [0.05, 0.1) is 0 Å². The van der Waals surface area contributed by atoms with E-state index in [0.29, 0.717) is 0 Å². The summed E-state index contributed by atoms with van der Waals surface area (Å²) in [6.45, 7) is 2.00. The van der Waals surface area contributed by atoms with Gasteiger partial charge in [0, 0.05) is 62.6 Å². The van der Waals surface area contributed by atoms with Crippen molar-refractivity contribution in [2.45, 2.75) is 12.8 Å². The van der Waals surface area contributed by atoms with Gasteiger partial charge < -0.3 is 4.74 Å². The molecule has 1 heterocycles. The summed E-state index contributed by atoms with van der Waals surface area (Å²) in [6.07, 6.45) is 32.6. The summed E-state index contributed by atoms with van der Waals surface area (Å²) in [4.78, 5) is 0. The largest absolute Gasteiger partial charge is 0.381 e. The van der Waals surface area contributed by atoms with E-state index in [1.807, 2.05) is 96.3 Å². The van der Waals surface area contributed by atoms with Crippen LogP contribution in [-0.4, -0.2) is 13.2 Å². The summed E-state index contributed by atoms with van der Waals surface area (Å²) >= 11 is 0. The molecule has 1 nitrogen and oxygen atoms in total. The maximum absolute atomic E-state index is 4.94. The van der Waals surface area contributed by atoms with Crippen LogP contribution in [0, 0.1) is 146 Å². The van der Waals surface area contributed by atoms with Crippen molar-refractivity contribution >= 4 is 0 Å². The van der Waals surface area contributed by atoms with E-state index in [1.165, 1.54) is 12.8 Å². The molecule has 0 atom stereocenters. The van der Waals surface area contributed by atoms with Crippen LogP contribution in [0.15, 0.2) is 0 Å². The molecular formula is C19H23EuO. The van der Waals surface area contributed by atoms with E-state index in [9.17, 15) is 0 Å². The zero-order valence-electron chi connectivity index (χ0n) is 12.3. The predicted molar refractivity (Wildman–Crippen MR) is 84.6 cm³/mol. The molecule has 3 saturated carbocycles. The van der Waals surface area contributed by atoms with Crippen LogP contribution in [0.25, 0.3) is 0 Å². The molecule has 4 rings (SSSR count). The van der Waals surface area contributed by atoms with Crippen molar-refractivity contribution in [3.63, 3.8) is 0 Å². The molecule has 0 aromatic rings. The molecule has 2 heteroatoms. The SMILES string of the molecule is C1CCOC1.[CH]1[CH][CH][CH][CH]1.[CH]1[CH][CH][CH][CH]1.[CH]1[CH][CH][CH][CH]1.[Eu]. The molecule has 1 aliphatic heterocycles. The molecule has 16 radical (unpaired) electrons. The molecule has 0 aromatic heterocycles. The van der Waals surface area contributed by atoms with Gasteiger partial charge in [0.25, 0.3) is 0 Å². The summed E-state index contributed by atoms with van der Waals surface area (Å²) in [6, 6.07) is 0. The molecule has 1 saturated heterocycles. The normalized spacial score (nSPS) is 22.9. The molecule has 21 heavy (non-hydrogen) atoms. The monoisotopic (exact) mass is 420 g/mol. The molecule has 0 aromatic carbocycles. The van der Waals surface area contributed by atoms with Crippen molar-refractivity contribution in [2.75, 3.05) is 13.2 Å². The Bertz CT molecular complexity index is 98.0. The molecule has 0 bridgehead atoms. The fourth-order valence-electron chi connectivity index (χ4n) is 1.47. The summed E-state index contributed by atoms with van der Waals surface area (Å²) in [5, 5.41) is 0. The Labute approximate surface area is 174 Å². The Morgan fingerprint density at radius 3 is 0.667 bits per heavy atom. The van der Waals surface area contributed by atoms with Crippen LogP contribution in [0.1, 0.15) is 12.8 Å². The number of rotatable bonds is 0. The van der Waals surface area contributed by atoms with Crippen molar-refractivity contribution in [1.29, 1.82) is 0 Å². The Morgan fingerprint density at radius 1 is 0.381 bits per heavy atom. The third kappa shape index (κ3) is 17.7. The summed E-state index contributed by atoms with van der Waals surface area (Å²) in [7, 11) is 0. The number of ether oxygens (including phenoxy) is 1. The average Bonchev–Trinajstić information content (AvgIpc) is 3.40. The van der Waals surface area contributed by atoms with E-state index in [0.717, 1.165) is 13.2 Å². The fraction of sp³-hybridized carbons (Fsp3) is 0.211. The Kier molecular flexibility index (Phi) is 21.0. The Hall–Kier alpha value is 1.54. The standard InChI is InChI=1S/3C5H5.C4H8O.Eu/c4*1-2-4-5-3-1;/h3*1-5H;1-4H2;. The van der Waals surface area contributed by atoms with Crippen LogP contribution in [0.5, 0.6) is 0 Å². The third-order valence-electron chi connectivity index (χ3n) is 2.49. The minimum Gasteiger partial charge on any atom is -0.381 e. The first-order valence-corrected chi connectivity index (χ1v) is 7.08. The summed E-state index contributed by atoms with van der Waals surface area (Å²) in [5.74, 6) is 0. The fourth-order valence-corrected chi connectivity index (χ4v) is 1.47. The van der Waals surface area contributed by atoms with E-state index in [1.54, 1.807) is 0 Å². The molecule has 4 fully saturated rings. The first kappa shape index (κ1) is 22.5. The topological polar surface area (TPSA) is 9.23 Å². The van der Waals surface area contributed by atoms with Crippen LogP contribution >= 0.6 is 0 Å². The molecule has 0 N–H and O–H groups in total. The summed E-state index contributed by atoms with van der Waals surface area (Å²) < 4.78 is 4.94. The first-order valence-electron chi connectivity index (χ1n) is 7.08. The van der Waals surface area contributed by atoms with Crippen LogP contribution in [0.2, 0.25) is 0 Å². The molecule has 0 spiro atoms. The van der Waals surface area contributed by atoms with Crippen molar-refractivity contribution < 1.29 is 54.1 Å². The average molecular weight is 419 g/mol. The third-order valence-corrected chi connectivity index (χ3v) is 2.49. The van der Waals surface area contributed by atoms with Crippen LogP contribution in [-0.2, 0) is 4.74 Å². The minimum atomic E-state index is 0. The van der Waals surface area contributed by atoms with Crippen molar-refractivity contribution in [1.82, 2.24) is 0 Å². The predicted octanol–water partition coefficient (Wildman–Crippen LogP) is 3.86. The smallest absolute Gasteiger partial charge is 0.0466 e. The van der Waals surface area contributed by atoms with Gasteiger partial charge in [-0.15, -0.1) is 0 Å². The van der Waals surface area contributed by atoms with E-state index in [2.05, 4.69) is 0 Å². The van der Waals surface area contributed by atoms with Gasteiger partial charge in [-0.05, 0) is 109 Å². The van der Waals surface area contributed by atoms with Gasteiger partial charge in [-0.1, -0.05) is 0 Å². The van der Waals surface area contributed by atoms with Gasteiger partial charge in [-0.2, -0.15) is 0 Å². The zero-order valence-corrected chi connectivity index (χ0v) is 14.7. The molecule has 112 valence electrons. The van der Waals surface area contributed by atoms with Gasteiger partial charge in [0.2, 0.25) is 0 Å². The zero-order chi connectivity index (χ0) is 14.1. The minimum absolute atomic E-state index is 0. The van der Waals surface area contributed by atoms with E-state index < -0.39 is 0 Å². The number of hydrogen-bond donors (Lipinski definition) is 0. The second-order valence-electron chi connectivity index (χ2n) is 4.21. The van der Waals surface area contributed by atoms with Gasteiger partial charge in [0.1, 0.15) is 0 Å². The Morgan fingerprint density at radius 2 is 0.571 bits per heavy atom. The van der Waals surface area contributed by atoms with Crippen molar-refractivity contribution in [3.8, 4) is 0 Å². The molecular weight excluding hydrogens is 396 g/mol. The van der Waals surface area contributed by atoms with Crippen molar-refractivity contribution in [3.05, 3.63) is 96.3 Å². The van der Waals surface area contributed by atoms with Crippen molar-refractivity contribution in [2.24, 2.45) is 0 Å². The number of hydrogen-bond acceptors (Lipinski definition) is 1. The first-order chi connectivity index (χ1) is 10.0. The Balaban J connectivity index is 0.000000250. The molecule has 4 aliphatic rings. The molecule has 3 aliphatic carbocycles. The van der Waals surface area contributed by atoms with Crippen LogP contribution in [0.3, 0.4) is 0 Å². The second-order valence-corrected chi connectivity index (χ2v) is 4.21. The maximum atomic E-state index is 4.94. The van der Waals surface area contributed by atoms with Gasteiger partial charge in [-0.3, -0.25) is 0 Å². The van der Waals surface area contributed by atoms with Crippen LogP contribution in [0.4, 0.5) is 0 Å². The quantitative estimate of drug-likeness (QED) is 0.580. The maximum Gasteiger partial charge on any atom is 0.0466 e.